The maximum absolute atomic E-state index is 13.1. The van der Waals surface area contributed by atoms with Crippen LogP contribution in [0.25, 0.3) is 0 Å². The summed E-state index contributed by atoms with van der Waals surface area (Å²) in [5, 5.41) is 11.2. The topological polar surface area (TPSA) is 380 Å². The molecule has 0 aromatic heterocycles. The van der Waals surface area contributed by atoms with Gasteiger partial charge in [-0.05, 0) is 12.1 Å². The molecule has 7 unspecified atom stereocenters. The molecule has 31 heteroatoms. The van der Waals surface area contributed by atoms with E-state index in [1.807, 2.05) is 0 Å². The minimum atomic E-state index is -2.24. The van der Waals surface area contributed by atoms with Crippen LogP contribution in [-0.4, -0.2) is 190 Å². The SMILES string of the molecule is COC(=O)C1(C)OC2C(OC(C)=O)[C@H](O[C@@H]3OC(COC(C)=O)[C@H](O[C@H]4OC(COC(C)=O)[C@H](OC(C)=O)[C@@H](OC(C)=O)C4OC(C)=O)[C@@H](OC(C)=O)C3OC(C)=O)[C@H](COC(=O)Oc3ccc([N+](=O)[O-])cc3)O[C@@H]2O1. The molecule has 4 aliphatic rings. The van der Waals surface area contributed by atoms with Gasteiger partial charge in [0.1, 0.15) is 56.1 Å². The van der Waals surface area contributed by atoms with E-state index in [2.05, 4.69) is 0 Å². The Labute approximate surface area is 430 Å². The summed E-state index contributed by atoms with van der Waals surface area (Å²) < 4.78 is 103. The van der Waals surface area contributed by atoms with Crippen molar-refractivity contribution in [1.29, 1.82) is 0 Å². The quantitative estimate of drug-likeness (QED) is 0.0582. The first-order chi connectivity index (χ1) is 35.7. The molecule has 0 radical (unpaired) electrons. The first-order valence-electron chi connectivity index (χ1n) is 22.8. The Kier molecular flexibility index (Phi) is 20.5. The van der Waals surface area contributed by atoms with E-state index in [0.29, 0.717) is 0 Å². The number of non-ortho nitro benzene ring substituents is 1. The predicted molar refractivity (Wildman–Crippen MR) is 234 cm³/mol. The van der Waals surface area contributed by atoms with E-state index in [4.69, 9.17) is 85.3 Å². The van der Waals surface area contributed by atoms with Crippen molar-refractivity contribution in [3.63, 3.8) is 0 Å². The van der Waals surface area contributed by atoms with Gasteiger partial charge in [-0.1, -0.05) is 0 Å². The number of carbonyl (C=O) groups excluding carboxylic acids is 10. The number of hydrogen-bond donors (Lipinski definition) is 0. The lowest BCUT2D eigenvalue weighted by Crippen LogP contribution is -2.68. The smallest absolute Gasteiger partial charge is 0.465 e. The summed E-state index contributed by atoms with van der Waals surface area (Å²) in [6.07, 6.45) is -28.8. The van der Waals surface area contributed by atoms with Crippen LogP contribution < -0.4 is 4.74 Å². The van der Waals surface area contributed by atoms with Gasteiger partial charge in [0, 0.05) is 74.4 Å². The Morgan fingerprint density at radius 1 is 0.513 bits per heavy atom. The first-order valence-corrected chi connectivity index (χ1v) is 22.8. The highest BCUT2D eigenvalue weighted by Crippen LogP contribution is 2.42. The number of hydrogen-bond acceptors (Lipinski definition) is 30. The third-order valence-corrected chi connectivity index (χ3v) is 10.9. The van der Waals surface area contributed by atoms with Crippen LogP contribution >= 0.6 is 0 Å². The van der Waals surface area contributed by atoms with Gasteiger partial charge >= 0.3 is 59.9 Å². The molecule has 76 heavy (non-hydrogen) atoms. The van der Waals surface area contributed by atoms with Crippen LogP contribution in [0, 0.1) is 10.1 Å². The largest absolute Gasteiger partial charge is 0.513 e. The van der Waals surface area contributed by atoms with Gasteiger partial charge < -0.3 is 85.3 Å². The molecular formula is C45H55NO30. The van der Waals surface area contributed by atoms with Crippen LogP contribution in [0.3, 0.4) is 0 Å². The second-order valence-corrected chi connectivity index (χ2v) is 16.9. The minimum absolute atomic E-state index is 0.206. The molecular weight excluding hydrogens is 1030 g/mol. The summed E-state index contributed by atoms with van der Waals surface area (Å²) >= 11 is 0. The van der Waals surface area contributed by atoms with Crippen molar-refractivity contribution in [3.05, 3.63) is 34.4 Å². The number of fused-ring (bicyclic) bond motifs is 1. The average molecular weight is 1090 g/mol. The molecule has 16 atom stereocenters. The van der Waals surface area contributed by atoms with Crippen molar-refractivity contribution in [2.45, 2.75) is 160 Å². The summed E-state index contributed by atoms with van der Waals surface area (Å²) in [5.41, 5.74) is -0.332. The van der Waals surface area contributed by atoms with Crippen molar-refractivity contribution in [2.75, 3.05) is 26.9 Å². The van der Waals surface area contributed by atoms with Gasteiger partial charge in [0.25, 0.3) is 11.5 Å². The fourth-order valence-electron chi connectivity index (χ4n) is 8.16. The van der Waals surface area contributed by atoms with Crippen LogP contribution in [0.4, 0.5) is 10.5 Å². The minimum Gasteiger partial charge on any atom is -0.465 e. The monoisotopic (exact) mass is 1090 g/mol. The molecule has 1 aromatic rings. The first kappa shape index (κ1) is 59.7. The van der Waals surface area contributed by atoms with Crippen molar-refractivity contribution in [2.24, 2.45) is 0 Å². The fourth-order valence-corrected chi connectivity index (χ4v) is 8.16. The van der Waals surface area contributed by atoms with E-state index in [1.165, 1.54) is 0 Å². The van der Waals surface area contributed by atoms with Crippen LogP contribution in [-0.2, 0) is 124 Å². The number of nitro groups is 1. The molecule has 420 valence electrons. The Hall–Kier alpha value is -7.16. The summed E-state index contributed by atoms with van der Waals surface area (Å²) in [7, 11) is 1.01. The van der Waals surface area contributed by atoms with Gasteiger partial charge in [0.05, 0.1) is 12.0 Å². The number of ether oxygens (including phenoxy) is 18. The molecule has 0 bridgehead atoms. The van der Waals surface area contributed by atoms with Crippen molar-refractivity contribution in [3.8, 4) is 5.75 Å². The van der Waals surface area contributed by atoms with Gasteiger partial charge in [0.2, 0.25) is 0 Å². The Morgan fingerprint density at radius 3 is 1.36 bits per heavy atom. The molecule has 0 saturated carbocycles. The second-order valence-electron chi connectivity index (χ2n) is 16.9. The highest BCUT2D eigenvalue weighted by Gasteiger charge is 2.63. The van der Waals surface area contributed by atoms with Crippen LogP contribution in [0.5, 0.6) is 5.75 Å². The van der Waals surface area contributed by atoms with Gasteiger partial charge in [-0.15, -0.1) is 0 Å². The number of carbonyl (C=O) groups is 10. The number of rotatable bonds is 19. The molecule has 1 aromatic carbocycles. The zero-order valence-corrected chi connectivity index (χ0v) is 42.3. The molecule has 0 amide bonds. The summed E-state index contributed by atoms with van der Waals surface area (Å²) in [6.45, 7) is 6.43. The van der Waals surface area contributed by atoms with Crippen LogP contribution in [0.1, 0.15) is 62.3 Å². The Balaban J connectivity index is 1.62. The number of esters is 9. The molecule has 4 fully saturated rings. The van der Waals surface area contributed by atoms with Gasteiger partial charge in [-0.2, -0.15) is 0 Å². The second kappa shape index (κ2) is 26.1. The van der Waals surface area contributed by atoms with Gasteiger partial charge in [-0.3, -0.25) is 48.5 Å². The Morgan fingerprint density at radius 2 is 0.908 bits per heavy atom. The third-order valence-electron chi connectivity index (χ3n) is 10.9. The number of nitrogens with zero attached hydrogens (tertiary/aromatic N) is 1. The molecule has 4 heterocycles. The van der Waals surface area contributed by atoms with E-state index in [0.717, 1.165) is 93.7 Å². The third kappa shape index (κ3) is 15.7. The lowest BCUT2D eigenvalue weighted by atomic mass is 9.95. The highest BCUT2D eigenvalue weighted by molar-refractivity contribution is 5.77. The van der Waals surface area contributed by atoms with E-state index in [-0.39, 0.29) is 11.4 Å². The molecule has 5 rings (SSSR count). The number of methoxy groups -OCH3 is 1. The average Bonchev–Trinajstić information content (AvgIpc) is 3.67. The van der Waals surface area contributed by atoms with Crippen molar-refractivity contribution < 1.29 is 138 Å². The van der Waals surface area contributed by atoms with E-state index < -0.39 is 183 Å². The summed E-state index contributed by atoms with van der Waals surface area (Å²) in [5.74, 6) is -11.5. The summed E-state index contributed by atoms with van der Waals surface area (Å²) in [6, 6.07) is 4.26. The van der Waals surface area contributed by atoms with E-state index in [1.54, 1.807) is 0 Å². The van der Waals surface area contributed by atoms with E-state index in [9.17, 15) is 58.1 Å². The molecule has 0 aliphatic carbocycles. The maximum atomic E-state index is 13.1. The van der Waals surface area contributed by atoms with Crippen molar-refractivity contribution in [1.82, 2.24) is 0 Å². The number of nitro benzene ring substituents is 1. The standard InChI is InChI=1S/C45H55NO30/c1-18(47)60-15-28-31(63-20(3)49)34(64-21(4)50)37(67-24(7)53)40(70-28)73-32-29(16-61-19(2)48)71-41(38(68-25(8)54)35(32)65-22(5)51)74-33-30(17-62-44(56)69-27-13-11-26(12-14-27)46(57)58)72-42-39(36(33)66-23(6)52)75-45(9,76-42)43(55)59-10/h11-14,28-42H,15-17H2,1-10H3/t28?,29?,30-,31-,32-,33+,34+,35+,36?,37?,38?,39?,40+,41-,42+,45?/m0/s1. The predicted octanol–water partition coefficient (Wildman–Crippen LogP) is 0.0763. The molecule has 0 spiro atoms. The maximum Gasteiger partial charge on any atom is 0.513 e. The lowest BCUT2D eigenvalue weighted by molar-refractivity contribution is -0.384. The number of benzene rings is 1. The molecule has 4 aliphatic heterocycles. The van der Waals surface area contributed by atoms with Crippen LogP contribution in [0.15, 0.2) is 24.3 Å². The Bertz CT molecular complexity index is 2340. The zero-order chi connectivity index (χ0) is 56.3. The fraction of sp³-hybridized carbons (Fsp3) is 0.644. The molecule has 31 nitrogen and oxygen atoms in total. The van der Waals surface area contributed by atoms with Gasteiger partial charge in [0.15, 0.2) is 61.6 Å². The van der Waals surface area contributed by atoms with E-state index >= 15 is 0 Å². The normalized spacial score (nSPS) is 31.6. The highest BCUT2D eigenvalue weighted by atomic mass is 16.9. The molecule has 0 N–H and O–H groups in total. The van der Waals surface area contributed by atoms with Crippen molar-refractivity contribution >= 4 is 65.6 Å². The lowest BCUT2D eigenvalue weighted by Gasteiger charge is -2.50. The molecule has 4 saturated heterocycles. The van der Waals surface area contributed by atoms with Crippen LogP contribution in [0.2, 0.25) is 0 Å². The summed E-state index contributed by atoms with van der Waals surface area (Å²) in [4.78, 5) is 138. The van der Waals surface area contributed by atoms with Gasteiger partial charge in [-0.25, -0.2) is 9.59 Å². The zero-order valence-electron chi connectivity index (χ0n) is 42.3.